The molecule has 1 saturated carbocycles. The molecule has 4 aliphatic heterocycles. The van der Waals surface area contributed by atoms with E-state index in [4.69, 9.17) is 28.7 Å². The van der Waals surface area contributed by atoms with Gasteiger partial charge in [0, 0.05) is 18.3 Å². The Morgan fingerprint density at radius 3 is 2.56 bits per heavy atom. The predicted octanol–water partition coefficient (Wildman–Crippen LogP) is 4.76. The molecular formula is C25H34O7. The average molecular weight is 447 g/mol. The SMILES string of the molecule is COC(=O)c1ccc([C@H](C)O[C@H]2O[C@@H]3O[C@@]4(C)CC[C@H]5[C@H](C)CC[C@@H]([C@H]2C)[C@@]35OO4)cc1. The second kappa shape index (κ2) is 8.06. The summed E-state index contributed by atoms with van der Waals surface area (Å²) in [5.41, 5.74) is 0.903. The summed E-state index contributed by atoms with van der Waals surface area (Å²) in [6.45, 7) is 8.42. The molecule has 1 aliphatic carbocycles. The first-order valence-electron chi connectivity index (χ1n) is 11.8. The van der Waals surface area contributed by atoms with Crippen LogP contribution < -0.4 is 0 Å². The van der Waals surface area contributed by atoms with E-state index in [1.54, 1.807) is 12.1 Å². The average Bonchev–Trinajstić information content (AvgIpc) is 3.02. The molecule has 7 nitrogen and oxygen atoms in total. The van der Waals surface area contributed by atoms with Crippen molar-refractivity contribution < 1.29 is 33.5 Å². The van der Waals surface area contributed by atoms with Crippen LogP contribution in [0.15, 0.2) is 24.3 Å². The van der Waals surface area contributed by atoms with Crippen molar-refractivity contribution in [3.8, 4) is 0 Å². The molecule has 9 atom stereocenters. The van der Waals surface area contributed by atoms with Gasteiger partial charge in [0.1, 0.15) is 0 Å². The number of esters is 1. The summed E-state index contributed by atoms with van der Waals surface area (Å²) in [6, 6.07) is 7.31. The Kier molecular flexibility index (Phi) is 5.62. The molecule has 0 N–H and O–H groups in total. The maximum atomic E-state index is 11.7. The van der Waals surface area contributed by atoms with E-state index in [1.165, 1.54) is 7.11 Å². The molecule has 6 rings (SSSR count). The van der Waals surface area contributed by atoms with Gasteiger partial charge in [0.15, 0.2) is 18.2 Å². The van der Waals surface area contributed by atoms with Gasteiger partial charge in [0.2, 0.25) is 5.79 Å². The van der Waals surface area contributed by atoms with Gasteiger partial charge in [-0.25, -0.2) is 14.6 Å². The largest absolute Gasteiger partial charge is 0.465 e. The van der Waals surface area contributed by atoms with Crippen LogP contribution in [0.2, 0.25) is 0 Å². The van der Waals surface area contributed by atoms with Crippen LogP contribution in [0, 0.1) is 23.7 Å². The van der Waals surface area contributed by atoms with Gasteiger partial charge < -0.3 is 18.9 Å². The molecule has 1 spiro atoms. The highest BCUT2D eigenvalue weighted by Crippen LogP contribution is 2.60. The first-order chi connectivity index (χ1) is 15.3. The third-order valence-electron chi connectivity index (χ3n) is 8.24. The number of benzene rings is 1. The monoisotopic (exact) mass is 446 g/mol. The lowest BCUT2D eigenvalue weighted by molar-refractivity contribution is -0.578. The summed E-state index contributed by atoms with van der Waals surface area (Å²) >= 11 is 0. The molecule has 2 bridgehead atoms. The number of ether oxygens (including phenoxy) is 4. The quantitative estimate of drug-likeness (QED) is 0.488. The Balaban J connectivity index is 1.38. The topological polar surface area (TPSA) is 72.5 Å². The van der Waals surface area contributed by atoms with Crippen molar-refractivity contribution in [3.05, 3.63) is 35.4 Å². The molecule has 176 valence electrons. The summed E-state index contributed by atoms with van der Waals surface area (Å²) < 4.78 is 24.1. The van der Waals surface area contributed by atoms with E-state index in [-0.39, 0.29) is 23.9 Å². The van der Waals surface area contributed by atoms with Crippen LogP contribution in [0.25, 0.3) is 0 Å². The van der Waals surface area contributed by atoms with Crippen molar-refractivity contribution in [1.29, 1.82) is 0 Å². The van der Waals surface area contributed by atoms with Crippen LogP contribution in [0.1, 0.15) is 75.4 Å². The molecule has 0 amide bonds. The molecule has 5 fully saturated rings. The van der Waals surface area contributed by atoms with Gasteiger partial charge in [-0.1, -0.05) is 26.0 Å². The highest BCUT2D eigenvalue weighted by Gasteiger charge is 2.69. The third kappa shape index (κ3) is 3.41. The Hall–Kier alpha value is -1.51. The second-order valence-corrected chi connectivity index (χ2v) is 10.2. The molecule has 5 aliphatic rings. The van der Waals surface area contributed by atoms with Crippen molar-refractivity contribution in [1.82, 2.24) is 0 Å². The minimum Gasteiger partial charge on any atom is -0.465 e. The van der Waals surface area contributed by atoms with Crippen LogP contribution in [0.5, 0.6) is 0 Å². The standard InChI is InChI=1S/C25H34O7/c1-14-6-11-20-15(2)22(28-16(3)17-7-9-18(10-8-17)21(26)27-5)29-23-25(20)19(14)12-13-24(4,30-23)31-32-25/h7-10,14-16,19-20,22-23H,6,11-13H2,1-5H3/t14-,15-,16+,19+,20+,22+,23-,24-,25-/m1/s1. The molecule has 0 radical (unpaired) electrons. The molecular weight excluding hydrogens is 412 g/mol. The minimum atomic E-state index is -0.794. The van der Waals surface area contributed by atoms with Crippen molar-refractivity contribution in [2.24, 2.45) is 23.7 Å². The molecule has 4 saturated heterocycles. The third-order valence-corrected chi connectivity index (χ3v) is 8.24. The lowest BCUT2D eigenvalue weighted by Crippen LogP contribution is -2.70. The van der Waals surface area contributed by atoms with Crippen molar-refractivity contribution >= 4 is 5.97 Å². The van der Waals surface area contributed by atoms with Crippen molar-refractivity contribution in [3.63, 3.8) is 0 Å². The molecule has 0 unspecified atom stereocenters. The molecule has 7 heteroatoms. The number of hydrogen-bond acceptors (Lipinski definition) is 7. The fourth-order valence-corrected chi connectivity index (χ4v) is 6.32. The van der Waals surface area contributed by atoms with Crippen LogP contribution in [-0.4, -0.2) is 37.0 Å². The number of rotatable bonds is 4. The molecule has 32 heavy (non-hydrogen) atoms. The van der Waals surface area contributed by atoms with Gasteiger partial charge in [-0.2, -0.15) is 0 Å². The van der Waals surface area contributed by atoms with Gasteiger partial charge in [0.05, 0.1) is 18.8 Å². The first-order valence-corrected chi connectivity index (χ1v) is 11.8. The minimum absolute atomic E-state index is 0.118. The fraction of sp³-hybridized carbons (Fsp3) is 0.720. The summed E-state index contributed by atoms with van der Waals surface area (Å²) in [4.78, 5) is 23.8. The lowest BCUT2D eigenvalue weighted by atomic mass is 9.58. The van der Waals surface area contributed by atoms with Crippen LogP contribution in [0.3, 0.4) is 0 Å². The van der Waals surface area contributed by atoms with Gasteiger partial charge in [-0.05, 0) is 62.6 Å². The zero-order valence-corrected chi connectivity index (χ0v) is 19.5. The van der Waals surface area contributed by atoms with Crippen molar-refractivity contribution in [2.45, 2.75) is 83.5 Å². The van der Waals surface area contributed by atoms with E-state index in [0.29, 0.717) is 17.4 Å². The van der Waals surface area contributed by atoms with Crippen LogP contribution in [0.4, 0.5) is 0 Å². The van der Waals surface area contributed by atoms with Gasteiger partial charge in [-0.3, -0.25) is 0 Å². The summed E-state index contributed by atoms with van der Waals surface area (Å²) in [5, 5.41) is 0. The molecule has 0 aromatic heterocycles. The first kappa shape index (κ1) is 22.3. The smallest absolute Gasteiger partial charge is 0.337 e. The van der Waals surface area contributed by atoms with Crippen molar-refractivity contribution in [2.75, 3.05) is 7.11 Å². The zero-order valence-electron chi connectivity index (χ0n) is 19.5. The maximum absolute atomic E-state index is 11.7. The number of methoxy groups -OCH3 is 1. The predicted molar refractivity (Wildman–Crippen MR) is 114 cm³/mol. The Bertz CT molecular complexity index is 856. The van der Waals surface area contributed by atoms with E-state index >= 15 is 0 Å². The Morgan fingerprint density at radius 2 is 1.84 bits per heavy atom. The summed E-state index contributed by atoms with van der Waals surface area (Å²) in [5.74, 6) is 0.0655. The van der Waals surface area contributed by atoms with Crippen LogP contribution >= 0.6 is 0 Å². The highest BCUT2D eigenvalue weighted by atomic mass is 17.3. The Labute approximate surface area is 189 Å². The van der Waals surface area contributed by atoms with Crippen LogP contribution in [-0.2, 0) is 28.7 Å². The lowest BCUT2D eigenvalue weighted by Gasteiger charge is -2.60. The number of carbonyl (C=O) groups is 1. The summed E-state index contributed by atoms with van der Waals surface area (Å²) in [7, 11) is 1.38. The molecule has 1 aromatic rings. The number of fused-ring (bicyclic) bond motifs is 2. The molecule has 1 aromatic carbocycles. The maximum Gasteiger partial charge on any atom is 0.337 e. The van der Waals surface area contributed by atoms with E-state index in [9.17, 15) is 4.79 Å². The van der Waals surface area contributed by atoms with Gasteiger partial charge in [-0.15, -0.1) is 0 Å². The van der Waals surface area contributed by atoms with E-state index in [0.717, 1.165) is 31.2 Å². The van der Waals surface area contributed by atoms with Gasteiger partial charge in [0.25, 0.3) is 0 Å². The normalized spacial score (nSPS) is 43.8. The van der Waals surface area contributed by atoms with E-state index < -0.39 is 24.0 Å². The number of carbonyl (C=O) groups excluding carboxylic acids is 1. The second-order valence-electron chi connectivity index (χ2n) is 10.2. The zero-order chi connectivity index (χ0) is 22.7. The number of hydrogen-bond donors (Lipinski definition) is 0. The van der Waals surface area contributed by atoms with E-state index in [1.807, 2.05) is 26.0 Å². The molecule has 4 heterocycles. The van der Waals surface area contributed by atoms with Gasteiger partial charge >= 0.3 is 5.97 Å². The Morgan fingerprint density at radius 1 is 1.09 bits per heavy atom. The van der Waals surface area contributed by atoms with E-state index in [2.05, 4.69) is 13.8 Å². The summed E-state index contributed by atoms with van der Waals surface area (Å²) in [6.07, 6.45) is 2.84. The highest BCUT2D eigenvalue weighted by molar-refractivity contribution is 5.89. The fourth-order valence-electron chi connectivity index (χ4n) is 6.32.